The summed E-state index contributed by atoms with van der Waals surface area (Å²) in [7, 11) is 1.90. The lowest BCUT2D eigenvalue weighted by atomic mass is 10.0. The molecule has 5 heteroatoms. The molecule has 0 aliphatic heterocycles. The van der Waals surface area contributed by atoms with E-state index >= 15 is 0 Å². The molecule has 0 unspecified atom stereocenters. The summed E-state index contributed by atoms with van der Waals surface area (Å²) in [5, 5.41) is 3.36. The maximum Gasteiger partial charge on any atom is 0.241 e. The largest absolute Gasteiger partial charge is 0.361 e. The van der Waals surface area contributed by atoms with Gasteiger partial charge in [0.1, 0.15) is 6.04 Å². The van der Waals surface area contributed by atoms with Gasteiger partial charge in [-0.2, -0.15) is 0 Å². The Kier molecular flexibility index (Phi) is 8.12. The van der Waals surface area contributed by atoms with Crippen LogP contribution >= 0.6 is 0 Å². The topological polar surface area (TPSA) is 51.4 Å². The van der Waals surface area contributed by atoms with Crippen molar-refractivity contribution >= 4 is 16.8 Å². The van der Waals surface area contributed by atoms with Crippen LogP contribution in [0.3, 0.4) is 0 Å². The number of nitrogens with one attached hydrogen (secondary N) is 2. The number of carbonyl (C=O) groups excluding carboxylic acids is 1. The maximum absolute atomic E-state index is 13.7. The molecule has 0 bridgehead atoms. The fraction of sp³-hybridized carbons (Fsp3) is 0.276. The van der Waals surface area contributed by atoms with Crippen LogP contribution in [0.2, 0.25) is 0 Å². The van der Waals surface area contributed by atoms with Gasteiger partial charge >= 0.3 is 0 Å². The number of para-hydroxylation sites is 1. The first kappa shape index (κ1) is 23.7. The molecular weight excluding hydrogens is 420 g/mol. The predicted octanol–water partition coefficient (Wildman–Crippen LogP) is 4.81. The van der Waals surface area contributed by atoms with Crippen molar-refractivity contribution in [1.29, 1.82) is 0 Å². The van der Waals surface area contributed by atoms with E-state index in [1.807, 2.05) is 54.4 Å². The number of benzene rings is 3. The molecule has 5 nitrogen and oxygen atoms in total. The number of aromatic amines is 1. The van der Waals surface area contributed by atoms with Crippen molar-refractivity contribution in [3.05, 3.63) is 108 Å². The minimum atomic E-state index is -0.288. The Morgan fingerprint density at radius 3 is 2.26 bits per heavy atom. The monoisotopic (exact) mass is 454 g/mol. The number of hydrogen-bond donors (Lipinski definition) is 2. The number of carbonyl (C=O) groups is 1. The van der Waals surface area contributed by atoms with Crippen LogP contribution in [0.4, 0.5) is 0 Å². The highest BCUT2D eigenvalue weighted by Gasteiger charge is 2.28. The van der Waals surface area contributed by atoms with E-state index in [1.54, 1.807) is 0 Å². The summed E-state index contributed by atoms with van der Waals surface area (Å²) in [6, 6.07) is 28.5. The number of hydrogen-bond acceptors (Lipinski definition) is 3. The Morgan fingerprint density at radius 1 is 0.912 bits per heavy atom. The highest BCUT2D eigenvalue weighted by Crippen LogP contribution is 2.18. The summed E-state index contributed by atoms with van der Waals surface area (Å²) < 4.78 is 0. The van der Waals surface area contributed by atoms with Gasteiger partial charge in [0.05, 0.1) is 0 Å². The predicted molar refractivity (Wildman–Crippen MR) is 139 cm³/mol. The molecule has 4 rings (SSSR count). The Bertz CT molecular complexity index is 1170. The molecule has 4 aromatic rings. The zero-order valence-corrected chi connectivity index (χ0v) is 20.1. The third-order valence-corrected chi connectivity index (χ3v) is 6.30. The lowest BCUT2D eigenvalue weighted by Gasteiger charge is -2.33. The molecule has 1 aromatic heterocycles. The van der Waals surface area contributed by atoms with Crippen molar-refractivity contribution < 1.29 is 4.79 Å². The van der Waals surface area contributed by atoms with Gasteiger partial charge in [0.25, 0.3) is 0 Å². The van der Waals surface area contributed by atoms with Crippen LogP contribution in [0.15, 0.2) is 91.1 Å². The second-order valence-electron chi connectivity index (χ2n) is 8.69. The second kappa shape index (κ2) is 11.6. The van der Waals surface area contributed by atoms with E-state index in [9.17, 15) is 4.79 Å². The standard InChI is InChI=1S/C29H34N4O/c1-3-33(31-19-18-25-21-30-27-17-11-10-16-26(25)27)28(20-23-12-6-4-7-13-23)29(34)32(2)22-24-14-8-5-9-15-24/h4-17,21,28,30-31H,3,18-20,22H2,1-2H3/t28-/m0/s1. The molecular formula is C29H34N4O. The molecule has 34 heavy (non-hydrogen) atoms. The number of likely N-dealkylation sites (N-methyl/N-ethyl adjacent to an activating group) is 2. The van der Waals surface area contributed by atoms with Crippen LogP contribution in [0.1, 0.15) is 23.6 Å². The van der Waals surface area contributed by atoms with E-state index in [-0.39, 0.29) is 11.9 Å². The lowest BCUT2D eigenvalue weighted by molar-refractivity contribution is -0.137. The zero-order chi connectivity index (χ0) is 23.8. The van der Waals surface area contributed by atoms with Crippen molar-refractivity contribution in [1.82, 2.24) is 20.3 Å². The molecule has 0 saturated carbocycles. The molecule has 0 aliphatic rings. The van der Waals surface area contributed by atoms with Crippen molar-refractivity contribution in [3.8, 4) is 0 Å². The summed E-state index contributed by atoms with van der Waals surface area (Å²) in [5.41, 5.74) is 8.29. The first-order valence-electron chi connectivity index (χ1n) is 12.0. The average Bonchev–Trinajstić information content (AvgIpc) is 3.29. The Balaban J connectivity index is 1.46. The average molecular weight is 455 g/mol. The van der Waals surface area contributed by atoms with Crippen molar-refractivity contribution in [2.45, 2.75) is 32.4 Å². The summed E-state index contributed by atoms with van der Waals surface area (Å²) in [6.07, 6.45) is 3.63. The molecule has 0 fully saturated rings. The van der Waals surface area contributed by atoms with E-state index in [2.05, 4.69) is 71.0 Å². The summed E-state index contributed by atoms with van der Waals surface area (Å²) >= 11 is 0. The molecule has 176 valence electrons. The van der Waals surface area contributed by atoms with Crippen LogP contribution in [0.5, 0.6) is 0 Å². The van der Waals surface area contributed by atoms with E-state index in [4.69, 9.17) is 0 Å². The molecule has 3 aromatic carbocycles. The molecule has 0 saturated heterocycles. The molecule has 0 radical (unpaired) electrons. The van der Waals surface area contributed by atoms with Crippen LogP contribution < -0.4 is 5.43 Å². The number of amides is 1. The third kappa shape index (κ3) is 5.93. The van der Waals surface area contributed by atoms with Crippen molar-refractivity contribution in [2.75, 3.05) is 20.1 Å². The van der Waals surface area contributed by atoms with Gasteiger partial charge in [-0.15, -0.1) is 0 Å². The van der Waals surface area contributed by atoms with E-state index < -0.39 is 0 Å². The highest BCUT2D eigenvalue weighted by molar-refractivity contribution is 5.83. The van der Waals surface area contributed by atoms with Gasteiger partial charge in [-0.3, -0.25) is 10.2 Å². The van der Waals surface area contributed by atoms with Crippen LogP contribution in [0.25, 0.3) is 10.9 Å². The lowest BCUT2D eigenvalue weighted by Crippen LogP contribution is -2.54. The molecule has 2 N–H and O–H groups in total. The Hall–Kier alpha value is -3.41. The van der Waals surface area contributed by atoms with Crippen LogP contribution in [0, 0.1) is 0 Å². The first-order chi connectivity index (χ1) is 16.7. The van der Waals surface area contributed by atoms with Crippen molar-refractivity contribution in [3.63, 3.8) is 0 Å². The van der Waals surface area contributed by atoms with Gasteiger partial charge < -0.3 is 9.88 Å². The summed E-state index contributed by atoms with van der Waals surface area (Å²) in [6.45, 7) is 4.19. The Labute approximate surface area is 202 Å². The molecule has 1 atom stereocenters. The highest BCUT2D eigenvalue weighted by atomic mass is 16.2. The number of aromatic nitrogens is 1. The number of rotatable bonds is 11. The van der Waals surface area contributed by atoms with Gasteiger partial charge in [-0.05, 0) is 35.6 Å². The second-order valence-corrected chi connectivity index (χ2v) is 8.69. The quantitative estimate of drug-likeness (QED) is 0.320. The minimum absolute atomic E-state index is 0.120. The van der Waals surface area contributed by atoms with Gasteiger partial charge in [0.15, 0.2) is 0 Å². The number of nitrogens with zero attached hydrogens (tertiary/aromatic N) is 2. The fourth-order valence-corrected chi connectivity index (χ4v) is 4.47. The summed E-state index contributed by atoms with van der Waals surface area (Å²) in [4.78, 5) is 18.8. The van der Waals surface area contributed by atoms with Gasteiger partial charge in [-0.1, -0.05) is 85.8 Å². The van der Waals surface area contributed by atoms with E-state index in [0.717, 1.165) is 36.2 Å². The minimum Gasteiger partial charge on any atom is -0.361 e. The number of H-pyrrole nitrogens is 1. The first-order valence-corrected chi connectivity index (χ1v) is 12.0. The normalized spacial score (nSPS) is 12.2. The fourth-order valence-electron chi connectivity index (χ4n) is 4.47. The summed E-state index contributed by atoms with van der Waals surface area (Å²) in [5.74, 6) is 0.120. The third-order valence-electron chi connectivity index (χ3n) is 6.30. The molecule has 0 aliphatic carbocycles. The van der Waals surface area contributed by atoms with E-state index in [1.165, 1.54) is 10.9 Å². The number of hydrazine groups is 1. The van der Waals surface area contributed by atoms with Crippen LogP contribution in [-0.4, -0.2) is 47.0 Å². The van der Waals surface area contributed by atoms with Gasteiger partial charge in [0, 0.05) is 43.8 Å². The smallest absolute Gasteiger partial charge is 0.241 e. The van der Waals surface area contributed by atoms with Gasteiger partial charge in [-0.25, -0.2) is 5.01 Å². The molecule has 1 amide bonds. The number of fused-ring (bicyclic) bond motifs is 1. The SMILES string of the molecule is CCN(NCCc1c[nH]c2ccccc12)[C@@H](Cc1ccccc1)C(=O)N(C)Cc1ccccc1. The Morgan fingerprint density at radius 2 is 1.56 bits per heavy atom. The van der Waals surface area contributed by atoms with Crippen molar-refractivity contribution in [2.24, 2.45) is 0 Å². The zero-order valence-electron chi connectivity index (χ0n) is 20.1. The maximum atomic E-state index is 13.7. The van der Waals surface area contributed by atoms with E-state index in [0.29, 0.717) is 13.0 Å². The molecule has 0 spiro atoms. The molecule has 1 heterocycles. The van der Waals surface area contributed by atoms with Crippen LogP contribution in [-0.2, 0) is 24.2 Å². The van der Waals surface area contributed by atoms with Gasteiger partial charge in [0.2, 0.25) is 5.91 Å².